The van der Waals surface area contributed by atoms with E-state index in [1.54, 1.807) is 4.31 Å². The molecule has 1 N–H and O–H groups in total. The van der Waals surface area contributed by atoms with E-state index < -0.39 is 10.0 Å². The first kappa shape index (κ1) is 22.9. The second-order valence-electron chi connectivity index (χ2n) is 8.71. The van der Waals surface area contributed by atoms with Gasteiger partial charge in [0.1, 0.15) is 0 Å². The van der Waals surface area contributed by atoms with Crippen molar-refractivity contribution < 1.29 is 13.2 Å². The lowest BCUT2D eigenvalue weighted by atomic mass is 9.79. The van der Waals surface area contributed by atoms with Crippen LogP contribution in [0.15, 0.2) is 30.3 Å². The van der Waals surface area contributed by atoms with Crippen LogP contribution < -0.4 is 5.32 Å². The molecule has 1 aromatic carbocycles. The van der Waals surface area contributed by atoms with Crippen LogP contribution in [0, 0.1) is 5.92 Å². The standard InChI is InChI=1S/C22H36N2O3S/c1-5-6-16-28(26,27)24-14-12-19(13-15-24)21(25)23-18(2)17-22(3,4)20-10-8-7-9-11-20/h7-11,18-19H,5-6,12-17H2,1-4H3,(H,23,25). The second kappa shape index (κ2) is 9.88. The molecule has 1 aliphatic heterocycles. The van der Waals surface area contributed by atoms with Crippen molar-refractivity contribution in [1.82, 2.24) is 9.62 Å². The van der Waals surface area contributed by atoms with Gasteiger partial charge < -0.3 is 5.32 Å². The monoisotopic (exact) mass is 408 g/mol. The number of amides is 1. The van der Waals surface area contributed by atoms with Crippen molar-refractivity contribution in [3.05, 3.63) is 35.9 Å². The van der Waals surface area contributed by atoms with Gasteiger partial charge in [-0.15, -0.1) is 0 Å². The molecule has 6 heteroatoms. The fraction of sp³-hybridized carbons (Fsp3) is 0.682. The fourth-order valence-electron chi connectivity index (χ4n) is 4.04. The van der Waals surface area contributed by atoms with Crippen LogP contribution in [-0.4, -0.2) is 43.5 Å². The van der Waals surface area contributed by atoms with E-state index in [1.807, 2.05) is 32.0 Å². The Balaban J connectivity index is 1.84. The molecule has 1 amide bonds. The maximum absolute atomic E-state index is 12.7. The number of carbonyl (C=O) groups is 1. The van der Waals surface area contributed by atoms with Gasteiger partial charge in [-0.25, -0.2) is 12.7 Å². The van der Waals surface area contributed by atoms with Gasteiger partial charge >= 0.3 is 0 Å². The summed E-state index contributed by atoms with van der Waals surface area (Å²) in [6, 6.07) is 10.4. The number of nitrogens with one attached hydrogen (secondary N) is 1. The number of carbonyl (C=O) groups excluding carboxylic acids is 1. The van der Waals surface area contributed by atoms with Crippen molar-refractivity contribution in [2.75, 3.05) is 18.8 Å². The summed E-state index contributed by atoms with van der Waals surface area (Å²) < 4.78 is 26.2. The predicted octanol–water partition coefficient (Wildman–Crippen LogP) is 3.70. The molecule has 158 valence electrons. The van der Waals surface area contributed by atoms with Gasteiger partial charge in [0.25, 0.3) is 0 Å². The summed E-state index contributed by atoms with van der Waals surface area (Å²) in [4.78, 5) is 12.7. The smallest absolute Gasteiger partial charge is 0.223 e. The highest BCUT2D eigenvalue weighted by molar-refractivity contribution is 7.89. The van der Waals surface area contributed by atoms with Crippen molar-refractivity contribution >= 4 is 15.9 Å². The van der Waals surface area contributed by atoms with Crippen LogP contribution in [0.1, 0.15) is 65.4 Å². The summed E-state index contributed by atoms with van der Waals surface area (Å²) in [5.74, 6) is 0.174. The summed E-state index contributed by atoms with van der Waals surface area (Å²) in [5, 5.41) is 3.16. The molecule has 0 spiro atoms. The topological polar surface area (TPSA) is 66.5 Å². The zero-order valence-electron chi connectivity index (χ0n) is 17.8. The molecule has 1 aliphatic rings. The molecule has 28 heavy (non-hydrogen) atoms. The maximum atomic E-state index is 12.7. The van der Waals surface area contributed by atoms with Crippen molar-refractivity contribution in [2.24, 2.45) is 5.92 Å². The van der Waals surface area contributed by atoms with E-state index in [0.717, 1.165) is 12.8 Å². The molecule has 2 rings (SSSR count). The van der Waals surface area contributed by atoms with Crippen LogP contribution in [0.3, 0.4) is 0 Å². The molecule has 0 saturated carbocycles. The number of hydrogen-bond donors (Lipinski definition) is 1. The minimum absolute atomic E-state index is 0.0231. The first-order valence-electron chi connectivity index (χ1n) is 10.5. The molecule has 1 unspecified atom stereocenters. The van der Waals surface area contributed by atoms with Gasteiger partial charge in [0, 0.05) is 25.0 Å². The Morgan fingerprint density at radius 3 is 2.39 bits per heavy atom. The molecular formula is C22H36N2O3S. The van der Waals surface area contributed by atoms with E-state index >= 15 is 0 Å². The molecule has 1 heterocycles. The van der Waals surface area contributed by atoms with Gasteiger partial charge in [-0.2, -0.15) is 0 Å². The maximum Gasteiger partial charge on any atom is 0.223 e. The van der Waals surface area contributed by atoms with Crippen molar-refractivity contribution in [3.63, 3.8) is 0 Å². The number of nitrogens with zero attached hydrogens (tertiary/aromatic N) is 1. The minimum atomic E-state index is -3.17. The highest BCUT2D eigenvalue weighted by Gasteiger charge is 2.32. The van der Waals surface area contributed by atoms with Gasteiger partial charge in [-0.3, -0.25) is 4.79 Å². The highest BCUT2D eigenvalue weighted by Crippen LogP contribution is 2.28. The van der Waals surface area contributed by atoms with Crippen LogP contribution in [0.4, 0.5) is 0 Å². The van der Waals surface area contributed by atoms with Crippen molar-refractivity contribution in [2.45, 2.75) is 71.3 Å². The number of hydrogen-bond acceptors (Lipinski definition) is 3. The van der Waals surface area contributed by atoms with Crippen LogP contribution in [-0.2, 0) is 20.2 Å². The van der Waals surface area contributed by atoms with Crippen molar-refractivity contribution in [3.8, 4) is 0 Å². The Hall–Kier alpha value is -1.40. The van der Waals surface area contributed by atoms with Gasteiger partial charge in [0.2, 0.25) is 15.9 Å². The molecule has 0 bridgehead atoms. The summed E-state index contributed by atoms with van der Waals surface area (Å²) in [5.41, 5.74) is 1.24. The zero-order valence-corrected chi connectivity index (χ0v) is 18.6. The quantitative estimate of drug-likeness (QED) is 0.677. The third kappa shape index (κ3) is 6.31. The summed E-state index contributed by atoms with van der Waals surface area (Å²) in [7, 11) is -3.17. The average Bonchev–Trinajstić information content (AvgIpc) is 2.66. The zero-order chi connectivity index (χ0) is 20.8. The molecule has 0 radical (unpaired) electrons. The number of sulfonamides is 1. The van der Waals surface area contributed by atoms with Crippen LogP contribution in [0.2, 0.25) is 0 Å². The Bertz CT molecular complexity index is 723. The Morgan fingerprint density at radius 2 is 1.82 bits per heavy atom. The van der Waals surface area contributed by atoms with Crippen LogP contribution >= 0.6 is 0 Å². The molecule has 1 saturated heterocycles. The van der Waals surface area contributed by atoms with Gasteiger partial charge in [-0.05, 0) is 43.6 Å². The number of rotatable bonds is 9. The van der Waals surface area contributed by atoms with E-state index in [4.69, 9.17) is 0 Å². The lowest BCUT2D eigenvalue weighted by molar-refractivity contribution is -0.126. The third-order valence-corrected chi connectivity index (χ3v) is 7.69. The van der Waals surface area contributed by atoms with E-state index in [9.17, 15) is 13.2 Å². The SMILES string of the molecule is CCCCS(=O)(=O)N1CCC(C(=O)NC(C)CC(C)(C)c2ccccc2)CC1. The van der Waals surface area contributed by atoms with E-state index in [-0.39, 0.29) is 29.0 Å². The Morgan fingerprint density at radius 1 is 1.21 bits per heavy atom. The van der Waals surface area contributed by atoms with E-state index in [1.165, 1.54) is 5.56 Å². The van der Waals surface area contributed by atoms with Crippen LogP contribution in [0.25, 0.3) is 0 Å². The first-order chi connectivity index (χ1) is 13.2. The molecule has 1 aromatic rings. The lowest BCUT2D eigenvalue weighted by Gasteiger charge is -2.33. The van der Waals surface area contributed by atoms with Gasteiger partial charge in [0.15, 0.2) is 0 Å². The lowest BCUT2D eigenvalue weighted by Crippen LogP contribution is -2.46. The largest absolute Gasteiger partial charge is 0.353 e. The molecule has 1 fully saturated rings. The van der Waals surface area contributed by atoms with E-state index in [0.29, 0.717) is 32.4 Å². The average molecular weight is 409 g/mol. The third-order valence-electron chi connectivity index (χ3n) is 5.73. The molecule has 0 aliphatic carbocycles. The van der Waals surface area contributed by atoms with Crippen molar-refractivity contribution in [1.29, 1.82) is 0 Å². The molecular weight excluding hydrogens is 372 g/mol. The fourth-order valence-corrected chi connectivity index (χ4v) is 5.72. The normalized spacial score (nSPS) is 18.0. The molecule has 5 nitrogen and oxygen atoms in total. The summed E-state index contributed by atoms with van der Waals surface area (Å²) in [6.45, 7) is 9.34. The highest BCUT2D eigenvalue weighted by atomic mass is 32.2. The number of piperidine rings is 1. The Kier molecular flexibility index (Phi) is 8.07. The summed E-state index contributed by atoms with van der Waals surface area (Å²) in [6.07, 6.45) is 3.62. The summed E-state index contributed by atoms with van der Waals surface area (Å²) >= 11 is 0. The number of unbranched alkanes of at least 4 members (excludes halogenated alkanes) is 1. The molecule has 0 aromatic heterocycles. The van der Waals surface area contributed by atoms with Gasteiger partial charge in [0.05, 0.1) is 5.75 Å². The molecule has 1 atom stereocenters. The predicted molar refractivity (Wildman–Crippen MR) is 115 cm³/mol. The minimum Gasteiger partial charge on any atom is -0.353 e. The van der Waals surface area contributed by atoms with Crippen LogP contribution in [0.5, 0.6) is 0 Å². The first-order valence-corrected chi connectivity index (χ1v) is 12.1. The van der Waals surface area contributed by atoms with E-state index in [2.05, 4.69) is 31.3 Å². The number of benzene rings is 1. The van der Waals surface area contributed by atoms with Gasteiger partial charge in [-0.1, -0.05) is 57.5 Å². The Labute approximate surface area is 170 Å². The second-order valence-corrected chi connectivity index (χ2v) is 10.8.